The average Bonchev–Trinajstić information content (AvgIpc) is 3.37. The molecule has 0 aromatic carbocycles. The van der Waals surface area contributed by atoms with Crippen LogP contribution in [0.5, 0.6) is 0 Å². The second kappa shape index (κ2) is 6.15. The van der Waals surface area contributed by atoms with Gasteiger partial charge in [0.05, 0.1) is 0 Å². The molecule has 4 bridgehead atoms. The molecule has 132 valence electrons. The average molecular weight is 327 g/mol. The molecule has 0 aliphatic heterocycles. The van der Waals surface area contributed by atoms with Gasteiger partial charge in [-0.05, 0) is 112 Å². The molecular formula is C23H34O. The van der Waals surface area contributed by atoms with E-state index in [1.807, 2.05) is 0 Å². The van der Waals surface area contributed by atoms with Gasteiger partial charge in [-0.2, -0.15) is 0 Å². The van der Waals surface area contributed by atoms with Crippen LogP contribution >= 0.6 is 0 Å². The van der Waals surface area contributed by atoms with Gasteiger partial charge in [0.2, 0.25) is 0 Å². The smallest absolute Gasteiger partial charge is 0.178 e. The maximum atomic E-state index is 12.9. The SMILES string of the molecule is CCC(=CC(=O)C=C(CC)C12CCC(CC1)C2)C12CCC(CC1)C2. The number of carbonyl (C=O) groups is 1. The van der Waals surface area contributed by atoms with Gasteiger partial charge in [0.15, 0.2) is 5.78 Å². The van der Waals surface area contributed by atoms with Gasteiger partial charge < -0.3 is 0 Å². The summed E-state index contributed by atoms with van der Waals surface area (Å²) in [6.45, 7) is 4.50. The van der Waals surface area contributed by atoms with Crippen molar-refractivity contribution in [2.24, 2.45) is 22.7 Å². The zero-order valence-electron chi connectivity index (χ0n) is 15.7. The summed E-state index contributed by atoms with van der Waals surface area (Å²) in [4.78, 5) is 12.9. The van der Waals surface area contributed by atoms with Gasteiger partial charge in [0.25, 0.3) is 0 Å². The summed E-state index contributed by atoms with van der Waals surface area (Å²) in [7, 11) is 0. The molecule has 0 amide bonds. The molecule has 4 fully saturated rings. The predicted octanol–water partition coefficient (Wildman–Crippen LogP) is 6.39. The molecule has 4 aliphatic carbocycles. The van der Waals surface area contributed by atoms with Gasteiger partial charge in [-0.3, -0.25) is 4.79 Å². The van der Waals surface area contributed by atoms with Crippen molar-refractivity contribution in [3.05, 3.63) is 23.3 Å². The minimum absolute atomic E-state index is 0.290. The van der Waals surface area contributed by atoms with Crippen molar-refractivity contribution >= 4 is 5.78 Å². The van der Waals surface area contributed by atoms with Crippen molar-refractivity contribution in [1.82, 2.24) is 0 Å². The first-order chi connectivity index (χ1) is 11.6. The van der Waals surface area contributed by atoms with Crippen molar-refractivity contribution in [3.63, 3.8) is 0 Å². The zero-order chi connectivity index (χ0) is 16.8. The Morgan fingerprint density at radius 3 is 1.42 bits per heavy atom. The van der Waals surface area contributed by atoms with Crippen molar-refractivity contribution in [2.75, 3.05) is 0 Å². The molecule has 4 rings (SSSR count). The molecule has 0 aromatic rings. The number of hydrogen-bond donors (Lipinski definition) is 0. The summed E-state index contributed by atoms with van der Waals surface area (Å²) in [5.74, 6) is 2.19. The Kier molecular flexibility index (Phi) is 4.25. The van der Waals surface area contributed by atoms with E-state index in [0.29, 0.717) is 10.8 Å². The Bertz CT molecular complexity index is 513. The van der Waals surface area contributed by atoms with E-state index in [0.717, 1.165) is 24.7 Å². The number of carbonyl (C=O) groups excluding carboxylic acids is 1. The maximum absolute atomic E-state index is 12.9. The van der Waals surface area contributed by atoms with Gasteiger partial charge >= 0.3 is 0 Å². The van der Waals surface area contributed by atoms with E-state index < -0.39 is 0 Å². The number of ketones is 1. The third-order valence-electron chi connectivity index (χ3n) is 8.24. The quantitative estimate of drug-likeness (QED) is 0.517. The van der Waals surface area contributed by atoms with E-state index in [2.05, 4.69) is 26.0 Å². The first-order valence-electron chi connectivity index (χ1n) is 10.6. The fourth-order valence-electron chi connectivity index (χ4n) is 6.93. The highest BCUT2D eigenvalue weighted by atomic mass is 16.1. The number of hydrogen-bond acceptors (Lipinski definition) is 1. The molecule has 24 heavy (non-hydrogen) atoms. The Morgan fingerprint density at radius 1 is 0.792 bits per heavy atom. The largest absolute Gasteiger partial charge is 0.290 e. The van der Waals surface area contributed by atoms with Gasteiger partial charge in [-0.1, -0.05) is 25.0 Å². The molecule has 0 saturated heterocycles. The molecule has 0 unspecified atom stereocenters. The molecule has 0 radical (unpaired) electrons. The van der Waals surface area contributed by atoms with Crippen molar-refractivity contribution in [2.45, 2.75) is 90.9 Å². The van der Waals surface area contributed by atoms with Gasteiger partial charge in [-0.25, -0.2) is 0 Å². The highest BCUT2D eigenvalue weighted by Crippen LogP contribution is 2.59. The fraction of sp³-hybridized carbons (Fsp3) is 0.783. The summed E-state index contributed by atoms with van der Waals surface area (Å²) in [5.41, 5.74) is 3.73. The first-order valence-corrected chi connectivity index (χ1v) is 10.6. The fourth-order valence-corrected chi connectivity index (χ4v) is 6.93. The molecule has 0 heterocycles. The predicted molar refractivity (Wildman–Crippen MR) is 99.8 cm³/mol. The van der Waals surface area contributed by atoms with Crippen LogP contribution in [0.1, 0.15) is 90.9 Å². The third kappa shape index (κ3) is 2.63. The van der Waals surface area contributed by atoms with Gasteiger partial charge in [-0.15, -0.1) is 0 Å². The van der Waals surface area contributed by atoms with E-state index in [9.17, 15) is 4.79 Å². The van der Waals surface area contributed by atoms with E-state index >= 15 is 0 Å². The number of fused-ring (bicyclic) bond motifs is 4. The standard InChI is InChI=1S/C23H34O/c1-3-19(22-9-5-17(15-22)6-10-22)13-21(24)14-20(4-2)23-11-7-18(16-23)8-12-23/h13-14,17-18H,3-12,15-16H2,1-2H3. The topological polar surface area (TPSA) is 17.1 Å². The third-order valence-corrected chi connectivity index (χ3v) is 8.24. The van der Waals surface area contributed by atoms with Crippen LogP contribution in [0, 0.1) is 22.7 Å². The first kappa shape index (κ1) is 16.6. The van der Waals surface area contributed by atoms with Crippen LogP contribution < -0.4 is 0 Å². The lowest BCUT2D eigenvalue weighted by Crippen LogP contribution is -2.19. The molecule has 1 nitrogen and oxygen atoms in total. The molecule has 0 N–H and O–H groups in total. The molecular weight excluding hydrogens is 292 g/mol. The molecule has 0 aromatic heterocycles. The van der Waals surface area contributed by atoms with Crippen LogP contribution in [0.4, 0.5) is 0 Å². The minimum Gasteiger partial charge on any atom is -0.290 e. The lowest BCUT2D eigenvalue weighted by Gasteiger charge is -2.30. The minimum atomic E-state index is 0.290. The Labute approximate surface area is 148 Å². The van der Waals surface area contributed by atoms with Crippen molar-refractivity contribution in [3.8, 4) is 0 Å². The normalized spacial score (nSPS) is 41.4. The summed E-state index contributed by atoms with van der Waals surface area (Å²) in [5, 5.41) is 0. The maximum Gasteiger partial charge on any atom is 0.178 e. The Morgan fingerprint density at radius 2 is 1.17 bits per heavy atom. The van der Waals surface area contributed by atoms with Crippen molar-refractivity contribution in [1.29, 1.82) is 0 Å². The van der Waals surface area contributed by atoms with Gasteiger partial charge in [0, 0.05) is 0 Å². The molecule has 0 spiro atoms. The Balaban J connectivity index is 1.56. The monoisotopic (exact) mass is 326 g/mol. The van der Waals surface area contributed by atoms with Crippen LogP contribution in [0.15, 0.2) is 23.3 Å². The molecule has 0 atom stereocenters. The highest BCUT2D eigenvalue weighted by molar-refractivity contribution is 6.00. The van der Waals surface area contributed by atoms with Crippen LogP contribution in [0.25, 0.3) is 0 Å². The summed E-state index contributed by atoms with van der Waals surface area (Å²) < 4.78 is 0. The highest BCUT2D eigenvalue weighted by Gasteiger charge is 2.47. The van der Waals surface area contributed by atoms with Crippen LogP contribution in [0.2, 0.25) is 0 Å². The lowest BCUT2D eigenvalue weighted by atomic mass is 9.74. The lowest BCUT2D eigenvalue weighted by molar-refractivity contribution is -0.110. The van der Waals surface area contributed by atoms with Crippen molar-refractivity contribution < 1.29 is 4.79 Å². The zero-order valence-corrected chi connectivity index (χ0v) is 15.7. The second-order valence-corrected chi connectivity index (χ2v) is 9.30. The van der Waals surface area contributed by atoms with E-state index in [1.165, 1.54) is 75.4 Å². The number of allylic oxidation sites excluding steroid dienone is 4. The summed E-state index contributed by atoms with van der Waals surface area (Å²) in [6, 6.07) is 0. The molecule has 4 aliphatic rings. The van der Waals surface area contributed by atoms with E-state index in [4.69, 9.17) is 0 Å². The van der Waals surface area contributed by atoms with E-state index in [1.54, 1.807) is 0 Å². The van der Waals surface area contributed by atoms with Crippen LogP contribution in [0.3, 0.4) is 0 Å². The number of rotatable bonds is 6. The summed E-state index contributed by atoms with van der Waals surface area (Å²) >= 11 is 0. The second-order valence-electron chi connectivity index (χ2n) is 9.30. The van der Waals surface area contributed by atoms with E-state index in [-0.39, 0.29) is 5.78 Å². The summed E-state index contributed by atoms with van der Waals surface area (Å²) in [6.07, 6.45) is 19.9. The Hall–Kier alpha value is -0.850. The van der Waals surface area contributed by atoms with Gasteiger partial charge in [0.1, 0.15) is 0 Å². The van der Waals surface area contributed by atoms with Crippen LogP contribution in [-0.4, -0.2) is 5.78 Å². The molecule has 1 heteroatoms. The van der Waals surface area contributed by atoms with Crippen LogP contribution in [-0.2, 0) is 4.79 Å². The molecule has 4 saturated carbocycles.